The van der Waals surface area contributed by atoms with Gasteiger partial charge in [0.2, 0.25) is 0 Å². The second kappa shape index (κ2) is 8.94. The first-order chi connectivity index (χ1) is 13.7. The lowest BCUT2D eigenvalue weighted by atomic mass is 10.0. The van der Waals surface area contributed by atoms with Crippen LogP contribution in [0.2, 0.25) is 0 Å². The summed E-state index contributed by atoms with van der Waals surface area (Å²) in [6.07, 6.45) is 1.09. The smallest absolute Gasteiger partial charge is 0.315 e. The van der Waals surface area contributed by atoms with Crippen molar-refractivity contribution in [2.45, 2.75) is 19.0 Å². The third-order valence-corrected chi connectivity index (χ3v) is 6.44. The molecule has 2 N–H and O–H groups in total. The van der Waals surface area contributed by atoms with Gasteiger partial charge in [0.25, 0.3) is 0 Å². The van der Waals surface area contributed by atoms with Crippen LogP contribution in [0.1, 0.15) is 22.0 Å². The van der Waals surface area contributed by atoms with Gasteiger partial charge in [-0.25, -0.2) is 4.79 Å². The van der Waals surface area contributed by atoms with E-state index in [0.717, 1.165) is 44.1 Å². The van der Waals surface area contributed by atoms with Crippen molar-refractivity contribution in [3.05, 3.63) is 51.7 Å². The molecule has 1 atom stereocenters. The minimum absolute atomic E-state index is 0.118. The summed E-state index contributed by atoms with van der Waals surface area (Å²) in [5.41, 5.74) is 4.00. The number of thiophene rings is 1. The van der Waals surface area contributed by atoms with E-state index in [2.05, 4.69) is 45.7 Å². The molecule has 1 aromatic carbocycles. The largest absolute Gasteiger partial charge is 0.379 e. The van der Waals surface area contributed by atoms with Crippen molar-refractivity contribution in [3.8, 4) is 0 Å². The molecule has 0 radical (unpaired) electrons. The Bertz CT molecular complexity index is 790. The molecule has 7 heteroatoms. The van der Waals surface area contributed by atoms with Crippen molar-refractivity contribution in [2.75, 3.05) is 51.3 Å². The number of benzene rings is 1. The molecule has 28 heavy (non-hydrogen) atoms. The molecule has 1 saturated heterocycles. The maximum absolute atomic E-state index is 12.3. The Labute approximate surface area is 170 Å². The molecule has 2 aliphatic rings. The van der Waals surface area contributed by atoms with Crippen LogP contribution in [-0.2, 0) is 17.7 Å². The lowest BCUT2D eigenvalue weighted by Crippen LogP contribution is -2.45. The highest BCUT2D eigenvalue weighted by atomic mass is 32.1. The molecule has 2 amide bonds. The summed E-state index contributed by atoms with van der Waals surface area (Å²) in [5.74, 6) is 0. The highest BCUT2D eigenvalue weighted by molar-refractivity contribution is 7.09. The standard InChI is InChI=1S/C21H28N4O2S/c1-24-7-6-17-13-16(4-5-19(17)24)20(25-8-10-27-11-9-25)15-23-21(26)22-14-18-3-2-12-28-18/h2-5,12-13,20H,6-11,14-15H2,1H3,(H2,22,23,26). The number of hydrogen-bond acceptors (Lipinski definition) is 5. The van der Waals surface area contributed by atoms with Crippen LogP contribution in [0.15, 0.2) is 35.7 Å². The van der Waals surface area contributed by atoms with Crippen molar-refractivity contribution in [1.29, 1.82) is 0 Å². The molecule has 1 unspecified atom stereocenters. The van der Waals surface area contributed by atoms with Crippen LogP contribution in [-0.4, -0.2) is 57.4 Å². The predicted octanol–water partition coefficient (Wildman–Crippen LogP) is 2.61. The summed E-state index contributed by atoms with van der Waals surface area (Å²) in [5, 5.41) is 8.05. The van der Waals surface area contributed by atoms with Crippen LogP contribution >= 0.6 is 11.3 Å². The second-order valence-corrected chi connectivity index (χ2v) is 8.40. The molecular weight excluding hydrogens is 372 g/mol. The van der Waals surface area contributed by atoms with Crippen molar-refractivity contribution < 1.29 is 9.53 Å². The van der Waals surface area contributed by atoms with Gasteiger partial charge in [-0.1, -0.05) is 18.2 Å². The number of carbonyl (C=O) groups excluding carboxylic acids is 1. The van der Waals surface area contributed by atoms with Crippen LogP contribution < -0.4 is 15.5 Å². The molecule has 0 bridgehead atoms. The van der Waals surface area contributed by atoms with Gasteiger partial charge in [0.05, 0.1) is 25.8 Å². The number of urea groups is 1. The topological polar surface area (TPSA) is 56.8 Å². The number of hydrogen-bond donors (Lipinski definition) is 2. The van der Waals surface area contributed by atoms with Gasteiger partial charge < -0.3 is 20.3 Å². The lowest BCUT2D eigenvalue weighted by molar-refractivity contribution is 0.0167. The van der Waals surface area contributed by atoms with Gasteiger partial charge in [0.15, 0.2) is 0 Å². The lowest BCUT2D eigenvalue weighted by Gasteiger charge is -2.35. The number of rotatable bonds is 6. The van der Waals surface area contributed by atoms with E-state index in [9.17, 15) is 4.79 Å². The average Bonchev–Trinajstić information content (AvgIpc) is 3.37. The van der Waals surface area contributed by atoms with Gasteiger partial charge >= 0.3 is 6.03 Å². The number of anilines is 1. The SMILES string of the molecule is CN1CCc2cc(C(CNC(=O)NCc3cccs3)N3CCOCC3)ccc21. The second-order valence-electron chi connectivity index (χ2n) is 7.37. The maximum Gasteiger partial charge on any atom is 0.315 e. The minimum Gasteiger partial charge on any atom is -0.379 e. The summed E-state index contributed by atoms with van der Waals surface area (Å²) in [7, 11) is 2.14. The zero-order valence-corrected chi connectivity index (χ0v) is 17.1. The first-order valence-electron chi connectivity index (χ1n) is 9.90. The molecule has 1 aromatic heterocycles. The molecule has 3 heterocycles. The maximum atomic E-state index is 12.3. The number of nitrogens with zero attached hydrogens (tertiary/aromatic N) is 2. The molecular formula is C21H28N4O2S. The predicted molar refractivity (Wildman–Crippen MR) is 113 cm³/mol. The van der Waals surface area contributed by atoms with Crippen LogP contribution in [0, 0.1) is 0 Å². The van der Waals surface area contributed by atoms with Crippen molar-refractivity contribution in [1.82, 2.24) is 15.5 Å². The van der Waals surface area contributed by atoms with Crippen LogP contribution in [0.25, 0.3) is 0 Å². The van der Waals surface area contributed by atoms with E-state index in [-0.39, 0.29) is 12.1 Å². The molecule has 2 aliphatic heterocycles. The summed E-state index contributed by atoms with van der Waals surface area (Å²) >= 11 is 1.65. The fraction of sp³-hybridized carbons (Fsp3) is 0.476. The van der Waals surface area contributed by atoms with E-state index in [4.69, 9.17) is 4.74 Å². The molecule has 6 nitrogen and oxygen atoms in total. The Kier molecular flexibility index (Phi) is 6.14. The molecule has 0 spiro atoms. The van der Waals surface area contributed by atoms with E-state index < -0.39 is 0 Å². The van der Waals surface area contributed by atoms with E-state index in [1.54, 1.807) is 11.3 Å². The summed E-state index contributed by atoms with van der Waals surface area (Å²) in [6.45, 7) is 5.50. The Hall–Kier alpha value is -2.09. The molecule has 2 aromatic rings. The molecule has 4 rings (SSSR count). The Balaban J connectivity index is 1.42. The van der Waals surface area contributed by atoms with E-state index in [1.807, 2.05) is 17.5 Å². The number of likely N-dealkylation sites (N-methyl/N-ethyl adjacent to an activating group) is 1. The zero-order valence-electron chi connectivity index (χ0n) is 16.3. The molecule has 1 fully saturated rings. The fourth-order valence-electron chi connectivity index (χ4n) is 3.97. The summed E-state index contributed by atoms with van der Waals surface area (Å²) in [6, 6.07) is 10.8. The first kappa shape index (κ1) is 19.2. The van der Waals surface area contributed by atoms with E-state index >= 15 is 0 Å². The van der Waals surface area contributed by atoms with Gasteiger partial charge in [0.1, 0.15) is 0 Å². The number of fused-ring (bicyclic) bond motifs is 1. The third-order valence-electron chi connectivity index (χ3n) is 5.56. The molecule has 0 saturated carbocycles. The van der Waals surface area contributed by atoms with Gasteiger partial charge in [0, 0.05) is 43.8 Å². The fourth-order valence-corrected chi connectivity index (χ4v) is 4.62. The van der Waals surface area contributed by atoms with E-state index in [0.29, 0.717) is 13.1 Å². The van der Waals surface area contributed by atoms with Crippen molar-refractivity contribution in [3.63, 3.8) is 0 Å². The van der Waals surface area contributed by atoms with Crippen LogP contribution in [0.5, 0.6) is 0 Å². The normalized spacial score (nSPS) is 18.0. The first-order valence-corrected chi connectivity index (χ1v) is 10.8. The summed E-state index contributed by atoms with van der Waals surface area (Å²) in [4.78, 5) is 18.2. The number of morpholine rings is 1. The highest BCUT2D eigenvalue weighted by Gasteiger charge is 2.25. The van der Waals surface area contributed by atoms with E-state index in [1.165, 1.54) is 16.8 Å². The number of carbonyl (C=O) groups is 1. The van der Waals surface area contributed by atoms with Crippen LogP contribution in [0.4, 0.5) is 10.5 Å². The number of amides is 2. The molecule has 150 valence electrons. The number of nitrogens with one attached hydrogen (secondary N) is 2. The van der Waals surface area contributed by atoms with Crippen molar-refractivity contribution in [2.24, 2.45) is 0 Å². The zero-order chi connectivity index (χ0) is 19.3. The average molecular weight is 401 g/mol. The number of ether oxygens (including phenoxy) is 1. The Morgan fingerprint density at radius 3 is 2.86 bits per heavy atom. The molecule has 0 aliphatic carbocycles. The Morgan fingerprint density at radius 1 is 1.21 bits per heavy atom. The monoisotopic (exact) mass is 400 g/mol. The minimum atomic E-state index is -0.118. The van der Waals surface area contributed by atoms with Gasteiger partial charge in [-0.2, -0.15) is 0 Å². The Morgan fingerprint density at radius 2 is 2.07 bits per heavy atom. The van der Waals surface area contributed by atoms with Gasteiger partial charge in [-0.05, 0) is 35.1 Å². The summed E-state index contributed by atoms with van der Waals surface area (Å²) < 4.78 is 5.53. The quantitative estimate of drug-likeness (QED) is 0.783. The van der Waals surface area contributed by atoms with Crippen molar-refractivity contribution >= 4 is 23.1 Å². The van der Waals surface area contributed by atoms with Gasteiger partial charge in [-0.3, -0.25) is 4.90 Å². The third kappa shape index (κ3) is 4.48. The van der Waals surface area contributed by atoms with Gasteiger partial charge in [-0.15, -0.1) is 11.3 Å². The van der Waals surface area contributed by atoms with Crippen LogP contribution in [0.3, 0.4) is 0 Å². The highest BCUT2D eigenvalue weighted by Crippen LogP contribution is 2.31.